The molecule has 0 amide bonds. The van der Waals surface area contributed by atoms with Gasteiger partial charge in [0.25, 0.3) is 0 Å². The number of hydrogen-bond donors (Lipinski definition) is 3. The van der Waals surface area contributed by atoms with Crippen molar-refractivity contribution in [1.82, 2.24) is 19.9 Å². The SMILES string of the molecule is O=C(O)C=CC(=O)O.c1cc(-c2cnc(O[C@H]3CN4CCC3CC4)nc2)c2cc[nH]c2c1. The second-order valence-corrected chi connectivity index (χ2v) is 7.80. The number of benzene rings is 1. The number of fused-ring (bicyclic) bond motifs is 4. The number of piperidine rings is 3. The van der Waals surface area contributed by atoms with Crippen molar-refractivity contribution in [3.8, 4) is 17.1 Å². The predicted molar refractivity (Wildman–Crippen MR) is 117 cm³/mol. The maximum Gasteiger partial charge on any atom is 0.328 e. The van der Waals surface area contributed by atoms with Crippen LogP contribution in [0.4, 0.5) is 0 Å². The minimum Gasteiger partial charge on any atom is -0.478 e. The van der Waals surface area contributed by atoms with Crippen LogP contribution in [-0.2, 0) is 9.59 Å². The Kier molecular flexibility index (Phi) is 6.46. The Morgan fingerprint density at radius 1 is 1.06 bits per heavy atom. The Hall–Kier alpha value is -3.72. The van der Waals surface area contributed by atoms with Gasteiger partial charge in [0.1, 0.15) is 6.10 Å². The molecular weight excluding hydrogens is 412 g/mol. The summed E-state index contributed by atoms with van der Waals surface area (Å²) >= 11 is 0. The topological polar surface area (TPSA) is 129 Å². The average Bonchev–Trinajstić information content (AvgIpc) is 3.29. The maximum absolute atomic E-state index is 9.55. The van der Waals surface area contributed by atoms with Crippen LogP contribution in [0.1, 0.15) is 12.8 Å². The van der Waals surface area contributed by atoms with Crippen molar-refractivity contribution < 1.29 is 24.5 Å². The summed E-state index contributed by atoms with van der Waals surface area (Å²) in [5.74, 6) is -1.85. The Balaban J connectivity index is 0.000000265. The monoisotopic (exact) mass is 436 g/mol. The number of aromatic amines is 1. The molecule has 0 unspecified atom stereocenters. The summed E-state index contributed by atoms with van der Waals surface area (Å²) in [7, 11) is 0. The summed E-state index contributed by atoms with van der Waals surface area (Å²) < 4.78 is 6.08. The molecule has 3 N–H and O–H groups in total. The summed E-state index contributed by atoms with van der Waals surface area (Å²) in [4.78, 5) is 33.7. The zero-order valence-corrected chi connectivity index (χ0v) is 17.3. The van der Waals surface area contributed by atoms with Crippen LogP contribution in [0, 0.1) is 5.92 Å². The molecule has 166 valence electrons. The van der Waals surface area contributed by atoms with E-state index in [1.807, 2.05) is 24.7 Å². The van der Waals surface area contributed by atoms with Gasteiger partial charge in [0.2, 0.25) is 0 Å². The number of aliphatic carboxylic acids is 2. The molecule has 0 spiro atoms. The average molecular weight is 436 g/mol. The first-order chi connectivity index (χ1) is 15.5. The number of aromatic nitrogens is 3. The summed E-state index contributed by atoms with van der Waals surface area (Å²) in [6.07, 6.45) is 9.52. The van der Waals surface area contributed by atoms with Crippen molar-refractivity contribution in [3.63, 3.8) is 0 Å². The number of hydrogen-bond acceptors (Lipinski definition) is 6. The first-order valence-corrected chi connectivity index (χ1v) is 10.4. The smallest absolute Gasteiger partial charge is 0.328 e. The van der Waals surface area contributed by atoms with E-state index in [1.54, 1.807) is 0 Å². The van der Waals surface area contributed by atoms with Crippen LogP contribution in [-0.4, -0.2) is 67.7 Å². The van der Waals surface area contributed by atoms with Crippen LogP contribution in [0.25, 0.3) is 22.0 Å². The Morgan fingerprint density at radius 3 is 2.34 bits per heavy atom. The molecule has 3 saturated heterocycles. The van der Waals surface area contributed by atoms with Gasteiger partial charge < -0.3 is 19.9 Å². The van der Waals surface area contributed by atoms with Gasteiger partial charge in [-0.1, -0.05) is 12.1 Å². The molecule has 6 rings (SSSR count). The second-order valence-electron chi connectivity index (χ2n) is 7.80. The molecule has 1 aromatic carbocycles. The third-order valence-electron chi connectivity index (χ3n) is 5.76. The summed E-state index contributed by atoms with van der Waals surface area (Å²) in [6, 6.07) is 8.81. The van der Waals surface area contributed by atoms with Gasteiger partial charge in [-0.2, -0.15) is 0 Å². The lowest BCUT2D eigenvalue weighted by atomic mass is 9.86. The van der Waals surface area contributed by atoms with Gasteiger partial charge in [-0.15, -0.1) is 0 Å². The van der Waals surface area contributed by atoms with Gasteiger partial charge in [0.05, 0.1) is 0 Å². The number of H-pyrrole nitrogens is 1. The number of carboxylic acid groups (broad SMARTS) is 2. The zero-order valence-electron chi connectivity index (χ0n) is 17.3. The Labute approximate surface area is 184 Å². The van der Waals surface area contributed by atoms with Crippen LogP contribution in [0.15, 0.2) is 55.0 Å². The molecule has 0 aliphatic carbocycles. The van der Waals surface area contributed by atoms with E-state index in [2.05, 4.69) is 38.1 Å². The van der Waals surface area contributed by atoms with E-state index in [9.17, 15) is 9.59 Å². The molecule has 3 aromatic rings. The molecule has 3 aliphatic rings. The number of rotatable bonds is 5. The van der Waals surface area contributed by atoms with E-state index in [1.165, 1.54) is 31.3 Å². The first kappa shape index (κ1) is 21.5. The predicted octanol–water partition coefficient (Wildman–Crippen LogP) is 2.81. The van der Waals surface area contributed by atoms with E-state index in [0.29, 0.717) is 24.1 Å². The van der Waals surface area contributed by atoms with E-state index in [-0.39, 0.29) is 6.10 Å². The normalized spacial score (nSPS) is 21.8. The van der Waals surface area contributed by atoms with Gasteiger partial charge in [0, 0.05) is 53.8 Å². The van der Waals surface area contributed by atoms with Gasteiger partial charge >= 0.3 is 17.9 Å². The van der Waals surface area contributed by atoms with Crippen LogP contribution in [0.5, 0.6) is 6.01 Å². The molecule has 2 aromatic heterocycles. The van der Waals surface area contributed by atoms with E-state index in [0.717, 1.165) is 23.2 Å². The number of carbonyl (C=O) groups is 2. The van der Waals surface area contributed by atoms with Crippen LogP contribution < -0.4 is 4.74 Å². The number of nitrogens with one attached hydrogen (secondary N) is 1. The van der Waals surface area contributed by atoms with Crippen LogP contribution >= 0.6 is 0 Å². The number of nitrogens with zero attached hydrogens (tertiary/aromatic N) is 3. The third kappa shape index (κ3) is 5.12. The largest absolute Gasteiger partial charge is 0.478 e. The zero-order chi connectivity index (χ0) is 22.5. The standard InChI is InChI=1S/C19H20N4O.C4H4O4/c1-2-15(16-4-7-20-17(16)3-1)14-10-21-19(22-11-14)24-18-12-23-8-5-13(18)6-9-23;5-3(6)1-2-4(7)8/h1-4,7,10-11,13,18,20H,5-6,8-9,12H2;1-2H,(H,5,6)(H,7,8)/t18-;/m0./s1. The highest BCUT2D eigenvalue weighted by Crippen LogP contribution is 2.31. The van der Waals surface area contributed by atoms with Crippen LogP contribution in [0.2, 0.25) is 0 Å². The highest BCUT2D eigenvalue weighted by Gasteiger charge is 2.35. The number of carboxylic acids is 2. The van der Waals surface area contributed by atoms with Crippen molar-refractivity contribution in [2.24, 2.45) is 5.92 Å². The fourth-order valence-corrected chi connectivity index (χ4v) is 4.18. The molecule has 3 fully saturated rings. The molecule has 9 heteroatoms. The van der Waals surface area contributed by atoms with Crippen molar-refractivity contribution >= 4 is 22.8 Å². The molecule has 0 saturated carbocycles. The maximum atomic E-state index is 9.55. The van der Waals surface area contributed by atoms with E-state index < -0.39 is 11.9 Å². The third-order valence-corrected chi connectivity index (χ3v) is 5.76. The number of ether oxygens (including phenoxy) is 1. The Bertz CT molecular complexity index is 1100. The fourth-order valence-electron chi connectivity index (χ4n) is 4.18. The van der Waals surface area contributed by atoms with E-state index in [4.69, 9.17) is 14.9 Å². The minimum atomic E-state index is -1.26. The van der Waals surface area contributed by atoms with Crippen LogP contribution in [0.3, 0.4) is 0 Å². The molecule has 9 nitrogen and oxygen atoms in total. The highest BCUT2D eigenvalue weighted by atomic mass is 16.5. The lowest BCUT2D eigenvalue weighted by molar-refractivity contribution is -0.134. The van der Waals surface area contributed by atoms with Gasteiger partial charge in [0.15, 0.2) is 0 Å². The Morgan fingerprint density at radius 2 is 1.75 bits per heavy atom. The van der Waals surface area contributed by atoms with Crippen molar-refractivity contribution in [1.29, 1.82) is 0 Å². The summed E-state index contributed by atoms with van der Waals surface area (Å²) in [5.41, 5.74) is 3.28. The molecule has 2 bridgehead atoms. The summed E-state index contributed by atoms with van der Waals surface area (Å²) in [5, 5.41) is 16.8. The lowest BCUT2D eigenvalue weighted by Crippen LogP contribution is -2.52. The van der Waals surface area contributed by atoms with Gasteiger partial charge in [-0.25, -0.2) is 19.6 Å². The molecular formula is C23H24N4O5. The molecule has 0 radical (unpaired) electrons. The minimum absolute atomic E-state index is 0.242. The molecule has 5 heterocycles. The lowest BCUT2D eigenvalue weighted by Gasteiger charge is -2.43. The fraction of sp³-hybridized carbons (Fsp3) is 0.304. The molecule has 32 heavy (non-hydrogen) atoms. The second kappa shape index (κ2) is 9.61. The quantitative estimate of drug-likeness (QED) is 0.521. The van der Waals surface area contributed by atoms with Gasteiger partial charge in [-0.3, -0.25) is 4.90 Å². The van der Waals surface area contributed by atoms with Crippen molar-refractivity contribution in [3.05, 3.63) is 55.0 Å². The highest BCUT2D eigenvalue weighted by molar-refractivity contribution is 5.94. The van der Waals surface area contributed by atoms with Crippen molar-refractivity contribution in [2.75, 3.05) is 19.6 Å². The molecule has 3 aliphatic heterocycles. The molecule has 1 atom stereocenters. The van der Waals surface area contributed by atoms with Gasteiger partial charge in [-0.05, 0) is 49.5 Å². The van der Waals surface area contributed by atoms with Crippen molar-refractivity contribution in [2.45, 2.75) is 18.9 Å². The first-order valence-electron chi connectivity index (χ1n) is 10.4. The summed E-state index contributed by atoms with van der Waals surface area (Å²) in [6.45, 7) is 3.44. The van der Waals surface area contributed by atoms with E-state index >= 15 is 0 Å².